The van der Waals surface area contributed by atoms with E-state index >= 15 is 0 Å². The largest absolute Gasteiger partial charge is 0.480 e. The third-order valence-electron chi connectivity index (χ3n) is 7.15. The normalized spacial score (nSPS) is 16.5. The van der Waals surface area contributed by atoms with Gasteiger partial charge < -0.3 is 30.7 Å². The number of carbonyl (C=O) groups is 2. The number of phosphoric ester groups is 1. The zero-order valence-electron chi connectivity index (χ0n) is 26.0. The first-order chi connectivity index (χ1) is 22.5. The Labute approximate surface area is 275 Å². The van der Waals surface area contributed by atoms with E-state index < -0.39 is 32.5 Å². The lowest BCUT2D eigenvalue weighted by molar-refractivity contribution is -0.138. The third kappa shape index (κ3) is 10.6. The Morgan fingerprint density at radius 2 is 2.00 bits per heavy atom. The van der Waals surface area contributed by atoms with Crippen LogP contribution in [0.3, 0.4) is 0 Å². The Bertz CT molecular complexity index is 1650. The van der Waals surface area contributed by atoms with E-state index in [0.717, 1.165) is 32.1 Å². The molecule has 1 atom stereocenters. The molecule has 1 aliphatic carbocycles. The number of carbonyl (C=O) groups excluding carboxylic acids is 1. The molecule has 1 aliphatic rings. The molecule has 4 heterocycles. The molecule has 0 saturated heterocycles. The van der Waals surface area contributed by atoms with Crippen molar-refractivity contribution in [3.63, 3.8) is 0 Å². The van der Waals surface area contributed by atoms with Gasteiger partial charge in [0.2, 0.25) is 0 Å². The van der Waals surface area contributed by atoms with Crippen molar-refractivity contribution in [1.29, 1.82) is 0 Å². The van der Waals surface area contributed by atoms with Gasteiger partial charge in [-0.1, -0.05) is 32.3 Å². The number of ether oxygens (including phenoxy) is 1. The van der Waals surface area contributed by atoms with Crippen LogP contribution in [0.4, 0.5) is 5.69 Å². The lowest BCUT2D eigenvalue weighted by Gasteiger charge is -2.34. The highest BCUT2D eigenvalue weighted by molar-refractivity contribution is 7.46. The van der Waals surface area contributed by atoms with Crippen molar-refractivity contribution in [3.8, 4) is 22.0 Å². The number of thiazole rings is 1. The lowest BCUT2D eigenvalue weighted by Crippen LogP contribution is -2.33. The number of nitrogens with one attached hydrogen (secondary N) is 1. The quantitative estimate of drug-likeness (QED) is 0.0866. The molecule has 1 amide bonds. The van der Waals surface area contributed by atoms with Gasteiger partial charge in [0.25, 0.3) is 5.91 Å². The molecule has 0 radical (unpaired) electrons. The summed E-state index contributed by atoms with van der Waals surface area (Å²) in [6.45, 7) is 4.31. The van der Waals surface area contributed by atoms with Crippen LogP contribution in [0.5, 0.6) is 0 Å². The number of aliphatic carboxylic acids is 1. The standard InChI is InChI=1S/C22H24N7O6PS.C7H15NO2/c1-2-34-16-7-15(8-16)29-11-18(20(27-29)17-5-3-4-6-23-17)25-21(30)19-12-37-22(26-19)14-9-24-28(10-14)13-35-36(31,32)33;1-2-3-4-5-6(8)7(9)10/h3-6,9-12,15-16H,2,7-8,13H2,1H3,(H,25,30)(H2,31,32,33);6H,2-5,8H2,1H3,(H,9,10). The summed E-state index contributed by atoms with van der Waals surface area (Å²) in [7, 11) is -4.62. The third-order valence-corrected chi connectivity index (χ3v) is 8.49. The van der Waals surface area contributed by atoms with Gasteiger partial charge in [-0.15, -0.1) is 11.3 Å². The van der Waals surface area contributed by atoms with Crippen molar-refractivity contribution in [2.75, 3.05) is 11.9 Å². The predicted octanol–water partition coefficient (Wildman–Crippen LogP) is 4.30. The minimum absolute atomic E-state index is 0.182. The van der Waals surface area contributed by atoms with Crippen molar-refractivity contribution in [2.24, 2.45) is 5.73 Å². The van der Waals surface area contributed by atoms with E-state index in [9.17, 15) is 14.2 Å². The van der Waals surface area contributed by atoms with E-state index in [4.69, 9.17) is 30.5 Å². The van der Waals surface area contributed by atoms with Crippen molar-refractivity contribution >= 4 is 36.7 Å². The van der Waals surface area contributed by atoms with Crippen molar-refractivity contribution < 1.29 is 38.3 Å². The molecule has 18 heteroatoms. The number of unbranched alkanes of at least 4 members (excludes halogenated alkanes) is 2. The Hall–Kier alpha value is -3.83. The van der Waals surface area contributed by atoms with Crippen molar-refractivity contribution in [2.45, 2.75) is 77.3 Å². The highest BCUT2D eigenvalue weighted by Gasteiger charge is 2.32. The summed E-state index contributed by atoms with van der Waals surface area (Å²) in [4.78, 5) is 49.7. The van der Waals surface area contributed by atoms with Gasteiger partial charge in [0, 0.05) is 36.1 Å². The van der Waals surface area contributed by atoms with Gasteiger partial charge in [-0.3, -0.25) is 23.8 Å². The van der Waals surface area contributed by atoms with Crippen LogP contribution in [0.15, 0.2) is 48.4 Å². The summed E-state index contributed by atoms with van der Waals surface area (Å²) >= 11 is 1.24. The molecule has 1 unspecified atom stereocenters. The second-order valence-corrected chi connectivity index (χ2v) is 12.8. The van der Waals surface area contributed by atoms with E-state index in [1.165, 1.54) is 28.4 Å². The first-order valence-corrected chi connectivity index (χ1v) is 17.5. The fraction of sp³-hybridized carbons (Fsp3) is 0.448. The highest BCUT2D eigenvalue weighted by atomic mass is 32.1. The minimum atomic E-state index is -4.62. The number of carboxylic acid groups (broad SMARTS) is 1. The van der Waals surface area contributed by atoms with Crippen LogP contribution in [0, 0.1) is 0 Å². The molecule has 47 heavy (non-hydrogen) atoms. The van der Waals surface area contributed by atoms with Gasteiger partial charge in [-0.25, -0.2) is 14.2 Å². The summed E-state index contributed by atoms with van der Waals surface area (Å²) in [6.07, 6.45) is 12.1. The van der Waals surface area contributed by atoms with E-state index in [1.807, 2.05) is 36.0 Å². The Kier molecular flexibility index (Phi) is 12.9. The van der Waals surface area contributed by atoms with Gasteiger partial charge >= 0.3 is 13.8 Å². The summed E-state index contributed by atoms with van der Waals surface area (Å²) in [5.41, 5.74) is 7.78. The molecule has 1 fully saturated rings. The van der Waals surface area contributed by atoms with Crippen LogP contribution in [-0.4, -0.2) is 75.1 Å². The number of phosphoric acid groups is 1. The van der Waals surface area contributed by atoms with E-state index in [0.29, 0.717) is 40.7 Å². The van der Waals surface area contributed by atoms with Crippen LogP contribution in [-0.2, 0) is 25.4 Å². The van der Waals surface area contributed by atoms with E-state index in [2.05, 4.69) is 31.8 Å². The fourth-order valence-corrected chi connectivity index (χ4v) is 5.65. The summed E-state index contributed by atoms with van der Waals surface area (Å²) < 4.78 is 24.1. The average Bonchev–Trinajstić information content (AvgIpc) is 3.78. The molecule has 0 aromatic carbocycles. The van der Waals surface area contributed by atoms with Crippen molar-refractivity contribution in [1.82, 2.24) is 29.5 Å². The SMILES string of the molecule is CCCCCC(N)C(=O)O.CCOC1CC(n2cc(NC(=O)c3csc(-c4cnn(COP(=O)(O)O)c4)n3)c(-c3ccccn3)n2)C1. The zero-order chi connectivity index (χ0) is 34.0. The fourth-order valence-electron chi connectivity index (χ4n) is 4.60. The number of hydrogen-bond donors (Lipinski definition) is 5. The first-order valence-electron chi connectivity index (χ1n) is 15.1. The summed E-state index contributed by atoms with van der Waals surface area (Å²) in [5.74, 6) is -1.30. The van der Waals surface area contributed by atoms with Gasteiger partial charge in [0.15, 0.2) is 6.73 Å². The number of nitrogens with zero attached hydrogens (tertiary/aromatic N) is 6. The van der Waals surface area contributed by atoms with E-state index in [1.54, 1.807) is 11.6 Å². The number of amides is 1. The number of pyridine rings is 1. The Morgan fingerprint density at radius 3 is 2.66 bits per heavy atom. The number of carboxylic acids is 1. The first kappa shape index (κ1) is 36.0. The smallest absolute Gasteiger partial charge is 0.471 e. The summed E-state index contributed by atoms with van der Waals surface area (Å²) in [6, 6.07) is 5.03. The molecule has 0 aliphatic heterocycles. The van der Waals surface area contributed by atoms with Crippen LogP contribution >= 0.6 is 19.2 Å². The molecule has 0 spiro atoms. The molecule has 1 saturated carbocycles. The molecule has 0 bridgehead atoms. The van der Waals surface area contributed by atoms with Crippen LogP contribution in [0.2, 0.25) is 0 Å². The second-order valence-electron chi connectivity index (χ2n) is 10.7. The topological polar surface area (TPSA) is 230 Å². The highest BCUT2D eigenvalue weighted by Crippen LogP contribution is 2.37. The van der Waals surface area contributed by atoms with Crippen molar-refractivity contribution in [3.05, 3.63) is 54.1 Å². The maximum atomic E-state index is 13.1. The van der Waals surface area contributed by atoms with Crippen LogP contribution in [0.1, 0.15) is 68.9 Å². The molecular formula is C29H39N8O8PS. The Balaban J connectivity index is 0.000000434. The van der Waals surface area contributed by atoms with Gasteiger partial charge in [-0.05, 0) is 38.3 Å². The average molecular weight is 691 g/mol. The van der Waals surface area contributed by atoms with Crippen LogP contribution < -0.4 is 11.1 Å². The molecule has 6 N–H and O–H groups in total. The number of anilines is 1. The molecule has 16 nitrogen and oxygen atoms in total. The molecule has 4 aromatic rings. The summed E-state index contributed by atoms with van der Waals surface area (Å²) in [5, 5.41) is 22.1. The predicted molar refractivity (Wildman–Crippen MR) is 173 cm³/mol. The minimum Gasteiger partial charge on any atom is -0.480 e. The maximum Gasteiger partial charge on any atom is 0.471 e. The second kappa shape index (κ2) is 16.8. The number of rotatable bonds is 15. The van der Waals surface area contributed by atoms with Gasteiger partial charge in [-0.2, -0.15) is 10.2 Å². The molecular weight excluding hydrogens is 651 g/mol. The van der Waals surface area contributed by atoms with Gasteiger partial charge in [0.1, 0.15) is 22.4 Å². The molecule has 4 aromatic heterocycles. The number of hydrogen-bond acceptors (Lipinski definition) is 11. The monoisotopic (exact) mass is 690 g/mol. The molecule has 254 valence electrons. The zero-order valence-corrected chi connectivity index (χ0v) is 27.7. The number of nitrogens with two attached hydrogens (primary N) is 1. The van der Waals surface area contributed by atoms with Crippen LogP contribution in [0.25, 0.3) is 22.0 Å². The Morgan fingerprint density at radius 1 is 1.21 bits per heavy atom. The number of aromatic nitrogens is 6. The lowest BCUT2D eigenvalue weighted by atomic mass is 9.89. The molecule has 5 rings (SSSR count). The van der Waals surface area contributed by atoms with Gasteiger partial charge in [0.05, 0.1) is 29.7 Å². The van der Waals surface area contributed by atoms with E-state index in [-0.39, 0.29) is 17.8 Å². The maximum absolute atomic E-state index is 13.1.